The monoisotopic (exact) mass is 487 g/mol. The average molecular weight is 488 g/mol. The van der Waals surface area contributed by atoms with E-state index in [1.807, 2.05) is 46.3 Å². The summed E-state index contributed by atoms with van der Waals surface area (Å²) in [7, 11) is 1.88. The lowest BCUT2D eigenvalue weighted by atomic mass is 9.89. The molecule has 1 N–H and O–H groups in total. The third-order valence-electron chi connectivity index (χ3n) is 6.45. The van der Waals surface area contributed by atoms with Crippen molar-refractivity contribution in [2.24, 2.45) is 5.10 Å². The molecule has 2 unspecified atom stereocenters. The zero-order chi connectivity index (χ0) is 25.3. The summed E-state index contributed by atoms with van der Waals surface area (Å²) in [5, 5.41) is 15.5. The van der Waals surface area contributed by atoms with Gasteiger partial charge in [-0.1, -0.05) is 31.9 Å². The lowest BCUT2D eigenvalue weighted by Gasteiger charge is -2.17. The maximum Gasteiger partial charge on any atom is 0.284 e. The van der Waals surface area contributed by atoms with Gasteiger partial charge in [-0.25, -0.2) is 9.97 Å². The molecule has 2 aliphatic rings. The third-order valence-corrected chi connectivity index (χ3v) is 6.45. The topological polar surface area (TPSA) is 122 Å². The van der Waals surface area contributed by atoms with Crippen molar-refractivity contribution in [1.29, 1.82) is 0 Å². The first-order valence-electron chi connectivity index (χ1n) is 12.3. The van der Waals surface area contributed by atoms with Gasteiger partial charge in [-0.2, -0.15) is 0 Å². The number of aryl methyl sites for hydroxylation is 1. The molecular formula is C26H31N8O2+. The van der Waals surface area contributed by atoms with E-state index >= 15 is 0 Å². The number of nitrogens with zero attached hydrogens (tertiary/aromatic N) is 7. The molecule has 10 nitrogen and oxygen atoms in total. The van der Waals surface area contributed by atoms with E-state index in [-0.39, 0.29) is 29.0 Å². The first-order valence-corrected chi connectivity index (χ1v) is 12.3. The Morgan fingerprint density at radius 3 is 2.81 bits per heavy atom. The number of pyridine rings is 1. The fourth-order valence-electron chi connectivity index (χ4n) is 4.54. The minimum Gasteiger partial charge on any atom is -0.418 e. The number of carbonyl (C=O) groups is 1. The summed E-state index contributed by atoms with van der Waals surface area (Å²) < 4.78 is 7.44. The molecule has 0 fully saturated rings. The van der Waals surface area contributed by atoms with Gasteiger partial charge in [0.25, 0.3) is 5.89 Å². The highest BCUT2D eigenvalue weighted by molar-refractivity contribution is 5.92. The van der Waals surface area contributed by atoms with Gasteiger partial charge in [0.1, 0.15) is 6.21 Å². The molecule has 0 aromatic carbocycles. The molecule has 4 heterocycles. The van der Waals surface area contributed by atoms with E-state index in [9.17, 15) is 4.79 Å². The highest BCUT2D eigenvalue weighted by Crippen LogP contribution is 2.35. The van der Waals surface area contributed by atoms with E-state index in [0.29, 0.717) is 18.3 Å². The Labute approximate surface area is 210 Å². The first kappa shape index (κ1) is 23.9. The minimum atomic E-state index is -0.295. The van der Waals surface area contributed by atoms with Crippen LogP contribution in [0.15, 0.2) is 34.0 Å². The van der Waals surface area contributed by atoms with Crippen LogP contribution in [0.1, 0.15) is 80.1 Å². The molecule has 3 aromatic heterocycles. The van der Waals surface area contributed by atoms with Gasteiger partial charge in [0, 0.05) is 24.2 Å². The summed E-state index contributed by atoms with van der Waals surface area (Å²) in [4.78, 5) is 26.7. The average Bonchev–Trinajstić information content (AvgIpc) is 3.46. The Balaban J connectivity index is 1.35. The summed E-state index contributed by atoms with van der Waals surface area (Å²) in [5.41, 5.74) is 3.57. The fourth-order valence-corrected chi connectivity index (χ4v) is 4.54. The number of nitrogens with one attached hydrogen (secondary N) is 1. The van der Waals surface area contributed by atoms with Gasteiger partial charge in [0.15, 0.2) is 13.1 Å². The standard InChI is InChI=1S/C26H31N8O2/c1-26(2,3)24-33-32-23(36-24)22(35)12-17-8-6-5-7-16-11-21(28-14-19(16)17)20-9-10-27-25(31-20)30-18-13-29-34(4)15-18/h9-11,13-15,17-18H,5-8,12H2,1-4H3,(H,27,30,31)/q+1. The molecule has 0 radical (unpaired) electrons. The van der Waals surface area contributed by atoms with Gasteiger partial charge in [-0.3, -0.25) is 9.78 Å². The van der Waals surface area contributed by atoms with Crippen LogP contribution in [0.3, 0.4) is 0 Å². The zero-order valence-electron chi connectivity index (χ0n) is 21.1. The zero-order valence-corrected chi connectivity index (χ0v) is 21.1. The van der Waals surface area contributed by atoms with E-state index in [0.717, 1.165) is 42.6 Å². The lowest BCUT2D eigenvalue weighted by molar-refractivity contribution is -0.494. The van der Waals surface area contributed by atoms with Gasteiger partial charge >= 0.3 is 0 Å². The summed E-state index contributed by atoms with van der Waals surface area (Å²) in [6.45, 7) is 5.95. The number of hydrogen-bond donors (Lipinski definition) is 1. The normalized spacial score (nSPS) is 19.5. The van der Waals surface area contributed by atoms with Crippen LogP contribution in [0, 0.1) is 0 Å². The van der Waals surface area contributed by atoms with Crippen molar-refractivity contribution in [3.8, 4) is 11.4 Å². The second-order valence-corrected chi connectivity index (χ2v) is 10.4. The number of hydrazone groups is 1. The number of Topliss-reactive ketones (excluding diaryl/α,β-unsaturated/α-hetero) is 1. The third kappa shape index (κ3) is 5.22. The molecule has 3 aromatic rings. The number of aromatic nitrogens is 5. The Kier molecular flexibility index (Phi) is 6.42. The van der Waals surface area contributed by atoms with Gasteiger partial charge in [0.2, 0.25) is 23.8 Å². The molecule has 0 spiro atoms. The number of anilines is 1. The second kappa shape index (κ2) is 9.67. The number of rotatable bonds is 6. The van der Waals surface area contributed by atoms with Crippen LogP contribution in [0.25, 0.3) is 11.4 Å². The lowest BCUT2D eigenvalue weighted by Crippen LogP contribution is -2.22. The SMILES string of the molecule is C[N+]1=CC(Nc2nccc(-c3cc4c(cn3)C(CC(=O)c3nnc(C(C)(C)C)o3)CCCC4)n2)C=N1. The molecule has 186 valence electrons. The van der Waals surface area contributed by atoms with Crippen molar-refractivity contribution in [1.82, 2.24) is 25.1 Å². The van der Waals surface area contributed by atoms with Crippen molar-refractivity contribution >= 4 is 24.2 Å². The van der Waals surface area contributed by atoms with Gasteiger partial charge in [0.05, 0.1) is 11.4 Å². The van der Waals surface area contributed by atoms with Crippen molar-refractivity contribution in [2.75, 3.05) is 12.4 Å². The molecule has 1 aliphatic carbocycles. The Hall–Kier alpha value is -3.82. The Bertz CT molecular complexity index is 1340. The van der Waals surface area contributed by atoms with Crippen molar-refractivity contribution < 1.29 is 13.9 Å². The highest BCUT2D eigenvalue weighted by Gasteiger charge is 2.28. The van der Waals surface area contributed by atoms with E-state index < -0.39 is 0 Å². The van der Waals surface area contributed by atoms with E-state index in [2.05, 4.69) is 36.6 Å². The van der Waals surface area contributed by atoms with E-state index in [1.165, 1.54) is 5.56 Å². The van der Waals surface area contributed by atoms with Crippen LogP contribution in [0.5, 0.6) is 0 Å². The predicted molar refractivity (Wildman–Crippen MR) is 136 cm³/mol. The van der Waals surface area contributed by atoms with Crippen LogP contribution in [-0.4, -0.2) is 61.1 Å². The maximum absolute atomic E-state index is 13.0. The maximum atomic E-state index is 13.0. The van der Waals surface area contributed by atoms with Crippen LogP contribution < -0.4 is 5.32 Å². The molecule has 0 amide bonds. The minimum absolute atomic E-state index is 0.0538. The summed E-state index contributed by atoms with van der Waals surface area (Å²) in [6.07, 6.45) is 11.7. The molecule has 0 saturated heterocycles. The largest absolute Gasteiger partial charge is 0.418 e. The molecule has 2 atom stereocenters. The number of carbonyl (C=O) groups excluding carboxylic acids is 1. The fraction of sp³-hybridized carbons (Fsp3) is 0.462. The summed E-state index contributed by atoms with van der Waals surface area (Å²) in [5.74, 6) is 1.03. The number of fused-ring (bicyclic) bond motifs is 1. The molecule has 0 bridgehead atoms. The molecule has 5 rings (SSSR count). The number of hydrogen-bond acceptors (Lipinski definition) is 9. The van der Waals surface area contributed by atoms with Crippen LogP contribution >= 0.6 is 0 Å². The van der Waals surface area contributed by atoms with Crippen LogP contribution in [-0.2, 0) is 11.8 Å². The highest BCUT2D eigenvalue weighted by atomic mass is 16.4. The van der Waals surface area contributed by atoms with Gasteiger partial charge < -0.3 is 9.73 Å². The van der Waals surface area contributed by atoms with Crippen LogP contribution in [0.2, 0.25) is 0 Å². The predicted octanol–water partition coefficient (Wildman–Crippen LogP) is 3.80. The van der Waals surface area contributed by atoms with Crippen molar-refractivity contribution in [3.05, 3.63) is 47.4 Å². The number of ketones is 1. The Morgan fingerprint density at radius 1 is 1.19 bits per heavy atom. The van der Waals surface area contributed by atoms with E-state index in [4.69, 9.17) is 9.40 Å². The molecule has 10 heteroatoms. The smallest absolute Gasteiger partial charge is 0.284 e. The van der Waals surface area contributed by atoms with Crippen LogP contribution in [0.4, 0.5) is 5.95 Å². The summed E-state index contributed by atoms with van der Waals surface area (Å²) >= 11 is 0. The molecular weight excluding hydrogens is 456 g/mol. The van der Waals surface area contributed by atoms with Crippen molar-refractivity contribution in [2.45, 2.75) is 70.3 Å². The second-order valence-electron chi connectivity index (χ2n) is 10.4. The molecule has 1 aliphatic heterocycles. The Morgan fingerprint density at radius 2 is 2.06 bits per heavy atom. The van der Waals surface area contributed by atoms with E-state index in [1.54, 1.807) is 17.1 Å². The van der Waals surface area contributed by atoms with Gasteiger partial charge in [-0.15, -0.1) is 10.2 Å². The quantitative estimate of drug-likeness (QED) is 0.317. The molecule has 0 saturated carbocycles. The van der Waals surface area contributed by atoms with Gasteiger partial charge in [-0.05, 0) is 53.5 Å². The summed E-state index contributed by atoms with van der Waals surface area (Å²) in [6, 6.07) is 3.91. The first-order chi connectivity index (χ1) is 17.3. The van der Waals surface area contributed by atoms with Crippen molar-refractivity contribution in [3.63, 3.8) is 0 Å². The molecule has 36 heavy (non-hydrogen) atoms.